The summed E-state index contributed by atoms with van der Waals surface area (Å²) < 4.78 is 35.3. The molecular formula is C29H31ClFNO7. The lowest BCUT2D eigenvalue weighted by Gasteiger charge is -2.22. The monoisotopic (exact) mass is 559 g/mol. The maximum Gasteiger partial charge on any atom is 0.415 e. The van der Waals surface area contributed by atoms with E-state index >= 15 is 0 Å². The van der Waals surface area contributed by atoms with Crippen molar-refractivity contribution in [2.24, 2.45) is 0 Å². The van der Waals surface area contributed by atoms with E-state index in [2.05, 4.69) is 0 Å². The second-order valence-corrected chi connectivity index (χ2v) is 8.88. The minimum absolute atomic E-state index is 0.199. The minimum Gasteiger partial charge on any atom is -0.494 e. The van der Waals surface area contributed by atoms with Gasteiger partial charge >= 0.3 is 12.1 Å². The van der Waals surface area contributed by atoms with Gasteiger partial charge in [0, 0.05) is 24.6 Å². The average molecular weight is 560 g/mol. The summed E-state index contributed by atoms with van der Waals surface area (Å²) in [5, 5.41) is 9.79. The van der Waals surface area contributed by atoms with E-state index in [4.69, 9.17) is 30.5 Å². The van der Waals surface area contributed by atoms with Crippen molar-refractivity contribution in [1.82, 2.24) is 4.90 Å². The van der Waals surface area contributed by atoms with Crippen LogP contribution in [0.3, 0.4) is 0 Å². The number of halogens is 2. The number of amides is 1. The van der Waals surface area contributed by atoms with Crippen molar-refractivity contribution in [3.63, 3.8) is 0 Å². The number of carboxylic acids is 1. The Hall–Kier alpha value is -3.82. The van der Waals surface area contributed by atoms with Gasteiger partial charge in [-0.1, -0.05) is 23.7 Å². The molecule has 8 nitrogen and oxygen atoms in total. The molecule has 0 aliphatic heterocycles. The zero-order valence-corrected chi connectivity index (χ0v) is 22.3. The molecular weight excluding hydrogens is 529 g/mol. The molecule has 3 aromatic rings. The van der Waals surface area contributed by atoms with Crippen LogP contribution in [-0.4, -0.2) is 61.1 Å². The van der Waals surface area contributed by atoms with Gasteiger partial charge in [0.05, 0.1) is 13.2 Å². The molecule has 0 saturated heterocycles. The predicted octanol–water partition coefficient (Wildman–Crippen LogP) is 5.86. The SMILES string of the molecule is CCOC(Cc1ccc(OCCN(CCCOc2ccc(F)cc2)C(=O)Oc2ccc(Cl)cc2)cc1)C(=O)O. The largest absolute Gasteiger partial charge is 0.494 e. The Bertz CT molecular complexity index is 1170. The highest BCUT2D eigenvalue weighted by Gasteiger charge is 2.18. The van der Waals surface area contributed by atoms with Crippen LogP contribution in [0.5, 0.6) is 17.2 Å². The maximum absolute atomic E-state index is 13.1. The summed E-state index contributed by atoms with van der Waals surface area (Å²) in [6.07, 6.45) is -0.706. The summed E-state index contributed by atoms with van der Waals surface area (Å²) in [5.41, 5.74) is 0.803. The van der Waals surface area contributed by atoms with Crippen molar-refractivity contribution in [1.29, 1.82) is 0 Å². The molecule has 1 N–H and O–H groups in total. The summed E-state index contributed by atoms with van der Waals surface area (Å²) in [7, 11) is 0. The molecule has 3 aromatic carbocycles. The third-order valence-corrected chi connectivity index (χ3v) is 5.80. The molecule has 0 radical (unpaired) electrons. The fourth-order valence-corrected chi connectivity index (χ4v) is 3.69. The van der Waals surface area contributed by atoms with Gasteiger partial charge in [-0.25, -0.2) is 14.0 Å². The summed E-state index contributed by atoms with van der Waals surface area (Å²) in [6, 6.07) is 19.2. The van der Waals surface area contributed by atoms with Crippen LogP contribution in [-0.2, 0) is 16.0 Å². The van der Waals surface area contributed by atoms with E-state index in [1.54, 1.807) is 67.6 Å². The molecule has 0 aliphatic rings. The summed E-state index contributed by atoms with van der Waals surface area (Å²) in [6.45, 7) is 3.16. The molecule has 0 bridgehead atoms. The Kier molecular flexibility index (Phi) is 11.9. The maximum atomic E-state index is 13.1. The van der Waals surface area contributed by atoms with E-state index in [1.807, 2.05) is 0 Å². The van der Waals surface area contributed by atoms with Gasteiger partial charge in [0.25, 0.3) is 0 Å². The standard InChI is InChI=1S/C29H31ClFNO7/c1-2-36-27(28(33)34)20-21-4-10-24(11-5-21)38-19-17-32(29(35)39-26-12-6-22(30)7-13-26)16-3-18-37-25-14-8-23(31)9-15-25/h4-15,27H,2-3,16-20H2,1H3,(H,33,34). The number of ether oxygens (including phenoxy) is 4. The zero-order valence-electron chi connectivity index (χ0n) is 21.6. The molecule has 39 heavy (non-hydrogen) atoms. The van der Waals surface area contributed by atoms with Crippen molar-refractivity contribution >= 4 is 23.7 Å². The number of rotatable bonds is 15. The fourth-order valence-electron chi connectivity index (χ4n) is 3.57. The second-order valence-electron chi connectivity index (χ2n) is 8.44. The van der Waals surface area contributed by atoms with Gasteiger partial charge in [0.15, 0.2) is 6.10 Å². The molecule has 0 aromatic heterocycles. The topological polar surface area (TPSA) is 94.5 Å². The normalized spacial score (nSPS) is 11.5. The van der Waals surface area contributed by atoms with Crippen LogP contribution in [0.2, 0.25) is 5.02 Å². The fraction of sp³-hybridized carbons (Fsp3) is 0.310. The molecule has 0 saturated carbocycles. The Balaban J connectivity index is 1.53. The lowest BCUT2D eigenvalue weighted by molar-refractivity contribution is -0.149. The molecule has 208 valence electrons. The summed E-state index contributed by atoms with van der Waals surface area (Å²) >= 11 is 5.91. The van der Waals surface area contributed by atoms with Crippen molar-refractivity contribution < 1.29 is 38.0 Å². The number of carboxylic acid groups (broad SMARTS) is 1. The second kappa shape index (κ2) is 15.6. The van der Waals surface area contributed by atoms with Gasteiger partial charge in [-0.05, 0) is 79.6 Å². The summed E-state index contributed by atoms with van der Waals surface area (Å²) in [4.78, 5) is 25.7. The Labute approximate surface area is 231 Å². The third-order valence-electron chi connectivity index (χ3n) is 5.55. The lowest BCUT2D eigenvalue weighted by Crippen LogP contribution is -2.38. The van der Waals surface area contributed by atoms with Crippen LogP contribution in [0.1, 0.15) is 18.9 Å². The van der Waals surface area contributed by atoms with Gasteiger partial charge in [-0.2, -0.15) is 0 Å². The van der Waals surface area contributed by atoms with E-state index in [9.17, 15) is 19.1 Å². The van der Waals surface area contributed by atoms with Crippen LogP contribution in [0.4, 0.5) is 9.18 Å². The molecule has 0 spiro atoms. The number of carbonyl (C=O) groups is 2. The third kappa shape index (κ3) is 10.5. The number of benzene rings is 3. The number of carbonyl (C=O) groups excluding carboxylic acids is 1. The predicted molar refractivity (Wildman–Crippen MR) is 144 cm³/mol. The van der Waals surface area contributed by atoms with Crippen molar-refractivity contribution in [2.75, 3.05) is 32.9 Å². The molecule has 1 unspecified atom stereocenters. The highest BCUT2D eigenvalue weighted by Crippen LogP contribution is 2.18. The lowest BCUT2D eigenvalue weighted by atomic mass is 10.1. The minimum atomic E-state index is -1.01. The quantitative estimate of drug-likeness (QED) is 0.233. The first-order valence-corrected chi connectivity index (χ1v) is 12.9. The average Bonchev–Trinajstić information content (AvgIpc) is 2.92. The first-order chi connectivity index (χ1) is 18.8. The van der Waals surface area contributed by atoms with Crippen LogP contribution in [0, 0.1) is 5.82 Å². The van der Waals surface area contributed by atoms with Crippen molar-refractivity contribution in [3.8, 4) is 17.2 Å². The molecule has 1 atom stereocenters. The van der Waals surface area contributed by atoms with Gasteiger partial charge in [0.1, 0.15) is 29.7 Å². The van der Waals surface area contributed by atoms with Crippen molar-refractivity contribution in [3.05, 3.63) is 89.2 Å². The van der Waals surface area contributed by atoms with Gasteiger partial charge < -0.3 is 29.0 Å². The Morgan fingerprint density at radius 1 is 0.872 bits per heavy atom. The van der Waals surface area contributed by atoms with E-state index < -0.39 is 18.2 Å². The highest BCUT2D eigenvalue weighted by molar-refractivity contribution is 6.30. The van der Waals surface area contributed by atoms with Gasteiger partial charge in [-0.3, -0.25) is 0 Å². The molecule has 0 heterocycles. The first kappa shape index (κ1) is 29.7. The van der Waals surface area contributed by atoms with Crippen LogP contribution in [0.15, 0.2) is 72.8 Å². The molecule has 1 amide bonds. The molecule has 0 aliphatic carbocycles. The van der Waals surface area contributed by atoms with Crippen molar-refractivity contribution in [2.45, 2.75) is 25.9 Å². The number of nitrogens with zero attached hydrogens (tertiary/aromatic N) is 1. The van der Waals surface area contributed by atoms with E-state index in [0.29, 0.717) is 48.5 Å². The smallest absolute Gasteiger partial charge is 0.415 e. The first-order valence-electron chi connectivity index (χ1n) is 12.5. The number of hydrogen-bond donors (Lipinski definition) is 1. The van der Waals surface area contributed by atoms with Crippen LogP contribution < -0.4 is 14.2 Å². The molecule has 3 rings (SSSR count). The zero-order chi connectivity index (χ0) is 28.0. The molecule has 10 heteroatoms. The van der Waals surface area contributed by atoms with E-state index in [1.165, 1.54) is 17.0 Å². The number of aliphatic carboxylic acids is 1. The molecule has 0 fully saturated rings. The Morgan fingerprint density at radius 2 is 1.46 bits per heavy atom. The number of hydrogen-bond acceptors (Lipinski definition) is 6. The Morgan fingerprint density at radius 3 is 2.08 bits per heavy atom. The van der Waals surface area contributed by atoms with E-state index in [-0.39, 0.29) is 25.4 Å². The highest BCUT2D eigenvalue weighted by atomic mass is 35.5. The van der Waals surface area contributed by atoms with Gasteiger partial charge in [0.2, 0.25) is 0 Å². The van der Waals surface area contributed by atoms with Gasteiger partial charge in [-0.15, -0.1) is 0 Å². The van der Waals surface area contributed by atoms with Crippen LogP contribution in [0.25, 0.3) is 0 Å². The van der Waals surface area contributed by atoms with E-state index in [0.717, 1.165) is 5.56 Å². The van der Waals surface area contributed by atoms with Crippen LogP contribution >= 0.6 is 11.6 Å². The summed E-state index contributed by atoms with van der Waals surface area (Å²) in [5.74, 6) is 0.121.